The normalized spacial score (nSPS) is 22.6. The van der Waals surface area contributed by atoms with E-state index in [0.717, 1.165) is 38.5 Å². The summed E-state index contributed by atoms with van der Waals surface area (Å²) in [6, 6.07) is 4.33. The fourth-order valence-corrected chi connectivity index (χ4v) is 5.11. The van der Waals surface area contributed by atoms with Crippen LogP contribution in [0.15, 0.2) is 24.3 Å². The number of piperazine rings is 1. The van der Waals surface area contributed by atoms with Gasteiger partial charge in [0, 0.05) is 36.9 Å². The third-order valence-electron chi connectivity index (χ3n) is 7.31. The summed E-state index contributed by atoms with van der Waals surface area (Å²) in [4.78, 5) is 66.3. The van der Waals surface area contributed by atoms with Gasteiger partial charge in [-0.1, -0.05) is 19.3 Å². The van der Waals surface area contributed by atoms with Crippen LogP contribution >= 0.6 is 0 Å². The number of rotatable bonds is 5. The van der Waals surface area contributed by atoms with E-state index in [-0.39, 0.29) is 43.4 Å². The predicted molar refractivity (Wildman–Crippen MR) is 137 cm³/mol. The number of carbonyl (C=O) groups is 5. The molecule has 4 rings (SSSR count). The number of nitrogens with one attached hydrogen (secondary N) is 4. The highest BCUT2D eigenvalue weighted by atomic mass is 16.2. The van der Waals surface area contributed by atoms with Crippen molar-refractivity contribution in [3.05, 3.63) is 29.8 Å². The second-order valence-corrected chi connectivity index (χ2v) is 10.00. The molecule has 2 heterocycles. The molecule has 6 amide bonds. The zero-order valence-electron chi connectivity index (χ0n) is 21.3. The highest BCUT2D eigenvalue weighted by Crippen LogP contribution is 2.20. The van der Waals surface area contributed by atoms with Gasteiger partial charge in [-0.25, -0.2) is 9.59 Å². The van der Waals surface area contributed by atoms with Crippen LogP contribution in [0.25, 0.3) is 0 Å². The highest BCUT2D eigenvalue weighted by molar-refractivity contribution is 5.96. The number of piperidine rings is 1. The number of carbonyl (C=O) groups excluding carboxylic acids is 5. The van der Waals surface area contributed by atoms with E-state index in [2.05, 4.69) is 21.3 Å². The molecule has 1 aromatic rings. The van der Waals surface area contributed by atoms with E-state index in [0.29, 0.717) is 24.2 Å². The molecular weight excluding hydrogens is 476 g/mol. The number of urea groups is 2. The molecule has 11 heteroatoms. The van der Waals surface area contributed by atoms with Crippen molar-refractivity contribution in [1.29, 1.82) is 0 Å². The number of benzene rings is 1. The molecule has 2 unspecified atom stereocenters. The van der Waals surface area contributed by atoms with Gasteiger partial charge in [0.1, 0.15) is 12.1 Å². The van der Waals surface area contributed by atoms with Crippen molar-refractivity contribution in [2.45, 2.75) is 70.0 Å². The quantitative estimate of drug-likeness (QED) is 0.446. The van der Waals surface area contributed by atoms with Gasteiger partial charge in [0.05, 0.1) is 6.54 Å². The zero-order valence-corrected chi connectivity index (χ0v) is 21.3. The Morgan fingerprint density at radius 2 is 1.62 bits per heavy atom. The van der Waals surface area contributed by atoms with Gasteiger partial charge in [-0.15, -0.1) is 0 Å². The molecule has 1 aromatic carbocycles. The van der Waals surface area contributed by atoms with E-state index < -0.39 is 24.0 Å². The van der Waals surface area contributed by atoms with Gasteiger partial charge in [0.15, 0.2) is 5.78 Å². The first-order valence-corrected chi connectivity index (χ1v) is 13.1. The number of nitrogens with zero attached hydrogens (tertiary/aromatic N) is 2. The molecule has 2 atom stereocenters. The molecule has 2 saturated heterocycles. The molecule has 0 aromatic heterocycles. The highest BCUT2D eigenvalue weighted by Gasteiger charge is 2.39. The predicted octanol–water partition coefficient (Wildman–Crippen LogP) is 1.84. The SMILES string of the molecule is CC(=O)c1ccc(NC(=O)N2CCN(C(=O)NC3CCCCC3)C(C(=O)NC3CCCNC3=O)C2)cc1. The molecule has 0 radical (unpaired) electrons. The Labute approximate surface area is 216 Å². The first kappa shape index (κ1) is 26.4. The largest absolute Gasteiger partial charge is 0.354 e. The topological polar surface area (TPSA) is 140 Å². The Morgan fingerprint density at radius 3 is 2.30 bits per heavy atom. The van der Waals surface area contributed by atoms with Crippen LogP contribution in [-0.4, -0.2) is 83.8 Å². The molecule has 0 bridgehead atoms. The van der Waals surface area contributed by atoms with Crippen LogP contribution in [-0.2, 0) is 9.59 Å². The summed E-state index contributed by atoms with van der Waals surface area (Å²) in [6.45, 7) is 2.48. The number of anilines is 1. The van der Waals surface area contributed by atoms with Crippen molar-refractivity contribution in [2.24, 2.45) is 0 Å². The van der Waals surface area contributed by atoms with Crippen molar-refractivity contribution >= 4 is 35.3 Å². The number of Topliss-reactive ketones (excluding diaryl/α,β-unsaturated/α-hetero) is 1. The Hall–Kier alpha value is -3.63. The molecule has 3 fully saturated rings. The second kappa shape index (κ2) is 12.1. The molecule has 2 aliphatic heterocycles. The van der Waals surface area contributed by atoms with Gasteiger partial charge in [-0.3, -0.25) is 14.4 Å². The van der Waals surface area contributed by atoms with E-state index in [1.807, 2.05) is 0 Å². The van der Waals surface area contributed by atoms with Crippen LogP contribution in [0.2, 0.25) is 0 Å². The minimum atomic E-state index is -0.932. The maximum absolute atomic E-state index is 13.3. The molecule has 1 aliphatic carbocycles. The van der Waals surface area contributed by atoms with Crippen LogP contribution in [0.3, 0.4) is 0 Å². The lowest BCUT2D eigenvalue weighted by Gasteiger charge is -2.41. The molecule has 1 saturated carbocycles. The van der Waals surface area contributed by atoms with E-state index in [4.69, 9.17) is 0 Å². The fraction of sp³-hybridized carbons (Fsp3) is 0.577. The number of hydrogen-bond donors (Lipinski definition) is 4. The molecular formula is C26H36N6O5. The van der Waals surface area contributed by atoms with Crippen LogP contribution < -0.4 is 21.3 Å². The summed E-state index contributed by atoms with van der Waals surface area (Å²) in [5, 5.41) is 11.4. The molecule has 4 N–H and O–H groups in total. The lowest BCUT2D eigenvalue weighted by atomic mass is 9.95. The van der Waals surface area contributed by atoms with Crippen molar-refractivity contribution in [2.75, 3.05) is 31.5 Å². The van der Waals surface area contributed by atoms with Gasteiger partial charge in [-0.2, -0.15) is 0 Å². The monoisotopic (exact) mass is 512 g/mol. The van der Waals surface area contributed by atoms with E-state index in [9.17, 15) is 24.0 Å². The van der Waals surface area contributed by atoms with E-state index in [1.54, 1.807) is 24.3 Å². The Bertz CT molecular complexity index is 1020. The van der Waals surface area contributed by atoms with Crippen molar-refractivity contribution < 1.29 is 24.0 Å². The summed E-state index contributed by atoms with van der Waals surface area (Å²) in [5.74, 6) is -0.762. The maximum atomic E-state index is 13.3. The van der Waals surface area contributed by atoms with Crippen molar-refractivity contribution in [1.82, 2.24) is 25.8 Å². The van der Waals surface area contributed by atoms with Crippen LogP contribution in [0.1, 0.15) is 62.2 Å². The number of amides is 6. The van der Waals surface area contributed by atoms with Crippen LogP contribution in [0, 0.1) is 0 Å². The van der Waals surface area contributed by atoms with E-state index in [1.165, 1.54) is 16.7 Å². The number of hydrogen-bond acceptors (Lipinski definition) is 5. The lowest BCUT2D eigenvalue weighted by molar-refractivity contribution is -0.133. The Kier molecular flexibility index (Phi) is 8.62. The first-order chi connectivity index (χ1) is 17.8. The average molecular weight is 513 g/mol. The summed E-state index contributed by atoms with van der Waals surface area (Å²) < 4.78 is 0. The standard InChI is InChI=1S/C26H36N6O5/c1-17(33)18-9-11-20(12-10-18)28-25(36)31-14-15-32(26(37)29-19-6-3-2-4-7-19)22(16-31)24(35)30-21-8-5-13-27-23(21)34/h9-12,19,21-22H,2-8,13-16H2,1H3,(H,27,34)(H,28,36)(H,29,37)(H,30,35). The van der Waals surface area contributed by atoms with Gasteiger partial charge >= 0.3 is 12.1 Å². The summed E-state index contributed by atoms with van der Waals surface area (Å²) >= 11 is 0. The van der Waals surface area contributed by atoms with Gasteiger partial charge < -0.3 is 31.1 Å². The van der Waals surface area contributed by atoms with Gasteiger partial charge in [0.25, 0.3) is 0 Å². The third-order valence-corrected chi connectivity index (χ3v) is 7.31. The summed E-state index contributed by atoms with van der Waals surface area (Å²) in [5.41, 5.74) is 1.06. The zero-order chi connectivity index (χ0) is 26.4. The van der Waals surface area contributed by atoms with Crippen LogP contribution in [0.5, 0.6) is 0 Å². The lowest BCUT2D eigenvalue weighted by Crippen LogP contribution is -2.65. The average Bonchev–Trinajstić information content (AvgIpc) is 2.90. The Balaban J connectivity index is 1.44. The smallest absolute Gasteiger partial charge is 0.321 e. The molecule has 37 heavy (non-hydrogen) atoms. The third kappa shape index (κ3) is 6.78. The summed E-state index contributed by atoms with van der Waals surface area (Å²) in [7, 11) is 0. The first-order valence-electron chi connectivity index (χ1n) is 13.1. The molecule has 0 spiro atoms. The second-order valence-electron chi connectivity index (χ2n) is 10.00. The summed E-state index contributed by atoms with van der Waals surface area (Å²) in [6.07, 6.45) is 6.39. The van der Waals surface area contributed by atoms with Gasteiger partial charge in [-0.05, 0) is 56.9 Å². The van der Waals surface area contributed by atoms with E-state index >= 15 is 0 Å². The molecule has 11 nitrogen and oxygen atoms in total. The Morgan fingerprint density at radius 1 is 0.892 bits per heavy atom. The maximum Gasteiger partial charge on any atom is 0.321 e. The molecule has 200 valence electrons. The van der Waals surface area contributed by atoms with Crippen molar-refractivity contribution in [3.8, 4) is 0 Å². The fourth-order valence-electron chi connectivity index (χ4n) is 5.11. The minimum Gasteiger partial charge on any atom is -0.354 e. The van der Waals surface area contributed by atoms with Crippen molar-refractivity contribution in [3.63, 3.8) is 0 Å². The van der Waals surface area contributed by atoms with Gasteiger partial charge in [0.2, 0.25) is 11.8 Å². The minimum absolute atomic E-state index is 0.00434. The molecule has 3 aliphatic rings. The number of ketones is 1. The van der Waals surface area contributed by atoms with Crippen LogP contribution in [0.4, 0.5) is 15.3 Å².